The Morgan fingerprint density at radius 2 is 0.828 bits per heavy atom. The molecule has 0 saturated carbocycles. The molecule has 0 unspecified atom stereocenters. The predicted molar refractivity (Wildman–Crippen MR) is 116 cm³/mol. The minimum atomic E-state index is -0.913. The Labute approximate surface area is 202 Å². The summed E-state index contributed by atoms with van der Waals surface area (Å²) in [6, 6.07) is 0. The summed E-state index contributed by atoms with van der Waals surface area (Å²) in [5.41, 5.74) is 0. The predicted octanol–water partition coefficient (Wildman–Crippen LogP) is 3.65. The topological polar surface area (TPSA) is 77.4 Å². The quantitative estimate of drug-likeness (QED) is 0.240. The number of rotatable bonds is 20. The molecule has 0 saturated heterocycles. The second kappa shape index (κ2) is 30.1. The number of hydrogen-bond donors (Lipinski definition) is 1. The number of carbonyl (C=O) groups is 2. The number of hydrogen-bond acceptors (Lipinski definition) is 3. The van der Waals surface area contributed by atoms with E-state index in [2.05, 4.69) is 13.8 Å². The summed E-state index contributed by atoms with van der Waals surface area (Å²) >= 11 is 0. The standard InChI is InChI=1S/C14H28O2.C10H20O2.Na/c1-2-3-4-5-6-7-8-9-10-11-12-13-14(15)16;1-2-3-4-5-6-7-8-9-10(11)12;/h2-13H2,1H3,(H,15,16);2-9H2,1H3,(H,11,12);/q;;+1/p-1. The second-order valence-electron chi connectivity index (χ2n) is 7.92. The van der Waals surface area contributed by atoms with Gasteiger partial charge in [0, 0.05) is 12.4 Å². The first-order valence-electron chi connectivity index (χ1n) is 12.0. The third-order valence-corrected chi connectivity index (χ3v) is 4.98. The molecule has 0 bridgehead atoms. The van der Waals surface area contributed by atoms with Gasteiger partial charge in [0.1, 0.15) is 0 Å². The molecule has 168 valence electrons. The molecule has 0 heterocycles. The van der Waals surface area contributed by atoms with Crippen LogP contribution in [-0.2, 0) is 9.59 Å². The normalized spacial score (nSPS) is 10.0. The molecule has 0 aromatic rings. The van der Waals surface area contributed by atoms with Crippen molar-refractivity contribution in [2.45, 2.75) is 142 Å². The molecule has 29 heavy (non-hydrogen) atoms. The Morgan fingerprint density at radius 3 is 1.10 bits per heavy atom. The SMILES string of the molecule is CCCCCCCCCC(=O)[O-].CCCCCCCCCCCCCC(=O)O.[Na+]. The van der Waals surface area contributed by atoms with Crippen molar-refractivity contribution >= 4 is 11.9 Å². The van der Waals surface area contributed by atoms with Crippen molar-refractivity contribution in [3.8, 4) is 0 Å². The third-order valence-electron chi connectivity index (χ3n) is 4.98. The van der Waals surface area contributed by atoms with Crippen molar-refractivity contribution in [3.05, 3.63) is 0 Å². The van der Waals surface area contributed by atoms with Crippen LogP contribution in [0.3, 0.4) is 0 Å². The molecule has 0 amide bonds. The van der Waals surface area contributed by atoms with Crippen LogP contribution in [0, 0.1) is 0 Å². The third kappa shape index (κ3) is 39.1. The van der Waals surface area contributed by atoms with Crippen molar-refractivity contribution in [1.29, 1.82) is 0 Å². The average Bonchev–Trinajstić information content (AvgIpc) is 2.65. The fourth-order valence-electron chi connectivity index (χ4n) is 3.17. The van der Waals surface area contributed by atoms with E-state index in [9.17, 15) is 14.7 Å². The van der Waals surface area contributed by atoms with E-state index >= 15 is 0 Å². The fourth-order valence-corrected chi connectivity index (χ4v) is 3.17. The molecule has 0 aliphatic heterocycles. The zero-order chi connectivity index (χ0) is 21.3. The Hall–Kier alpha value is -0.0600. The zero-order valence-electron chi connectivity index (χ0n) is 19.8. The number of carboxylic acid groups (broad SMARTS) is 2. The van der Waals surface area contributed by atoms with E-state index in [-0.39, 0.29) is 36.0 Å². The van der Waals surface area contributed by atoms with E-state index in [1.165, 1.54) is 89.9 Å². The van der Waals surface area contributed by atoms with E-state index in [0.717, 1.165) is 25.7 Å². The van der Waals surface area contributed by atoms with Crippen molar-refractivity contribution in [2.75, 3.05) is 0 Å². The molecule has 0 rings (SSSR count). The van der Waals surface area contributed by atoms with Gasteiger partial charge in [0.05, 0.1) is 0 Å². The van der Waals surface area contributed by atoms with Crippen LogP contribution in [0.15, 0.2) is 0 Å². The van der Waals surface area contributed by atoms with Crippen LogP contribution in [-0.4, -0.2) is 17.0 Å². The maximum Gasteiger partial charge on any atom is 1.00 e. The molecule has 0 radical (unpaired) electrons. The van der Waals surface area contributed by atoms with Crippen molar-refractivity contribution in [3.63, 3.8) is 0 Å². The van der Waals surface area contributed by atoms with Gasteiger partial charge < -0.3 is 15.0 Å². The first-order valence-corrected chi connectivity index (χ1v) is 12.0. The summed E-state index contributed by atoms with van der Waals surface area (Å²) in [4.78, 5) is 20.3. The van der Waals surface area contributed by atoms with E-state index in [1.807, 2.05) is 0 Å². The molecule has 0 atom stereocenters. The fraction of sp³-hybridized carbons (Fsp3) is 0.917. The molecule has 0 fully saturated rings. The molecule has 0 aromatic heterocycles. The Morgan fingerprint density at radius 1 is 0.552 bits per heavy atom. The summed E-state index contributed by atoms with van der Waals surface area (Å²) in [5, 5.41) is 18.5. The van der Waals surface area contributed by atoms with E-state index < -0.39 is 11.9 Å². The molecule has 0 aliphatic rings. The van der Waals surface area contributed by atoms with Crippen LogP contribution < -0.4 is 34.7 Å². The van der Waals surface area contributed by atoms with Gasteiger partial charge in [0.25, 0.3) is 0 Å². The molecule has 0 aromatic carbocycles. The summed E-state index contributed by atoms with van der Waals surface area (Å²) in [5.74, 6) is -1.57. The van der Waals surface area contributed by atoms with Crippen molar-refractivity contribution in [2.24, 2.45) is 0 Å². The number of carbonyl (C=O) groups excluding carboxylic acids is 1. The van der Waals surface area contributed by atoms with Crippen LogP contribution in [0.2, 0.25) is 0 Å². The second-order valence-corrected chi connectivity index (χ2v) is 7.92. The number of unbranched alkanes of at least 4 members (excludes halogenated alkanes) is 16. The van der Waals surface area contributed by atoms with Crippen LogP contribution in [0.1, 0.15) is 142 Å². The summed E-state index contributed by atoms with van der Waals surface area (Å²) < 4.78 is 0. The summed E-state index contributed by atoms with van der Waals surface area (Å²) in [7, 11) is 0. The van der Waals surface area contributed by atoms with Crippen molar-refractivity contribution in [1.82, 2.24) is 0 Å². The molecular weight excluding hydrogens is 375 g/mol. The largest absolute Gasteiger partial charge is 1.00 e. The molecule has 5 heteroatoms. The van der Waals surface area contributed by atoms with E-state index in [4.69, 9.17) is 5.11 Å². The summed E-state index contributed by atoms with van der Waals surface area (Å²) in [6.45, 7) is 4.44. The van der Waals surface area contributed by atoms with E-state index in [0.29, 0.717) is 6.42 Å². The first kappa shape index (κ1) is 33.6. The van der Waals surface area contributed by atoms with Gasteiger partial charge in [-0.2, -0.15) is 0 Å². The van der Waals surface area contributed by atoms with Gasteiger partial charge in [-0.25, -0.2) is 0 Å². The molecule has 0 spiro atoms. The Balaban J connectivity index is -0.000000468. The molecular formula is C24H47NaO4. The van der Waals surface area contributed by atoms with Crippen LogP contribution in [0.5, 0.6) is 0 Å². The van der Waals surface area contributed by atoms with Crippen LogP contribution >= 0.6 is 0 Å². The first-order chi connectivity index (χ1) is 13.5. The maximum atomic E-state index is 10.3. The minimum Gasteiger partial charge on any atom is -0.550 e. The smallest absolute Gasteiger partial charge is 0.550 e. The van der Waals surface area contributed by atoms with Crippen LogP contribution in [0.25, 0.3) is 0 Å². The number of carboxylic acids is 2. The van der Waals surface area contributed by atoms with Gasteiger partial charge in [0.2, 0.25) is 0 Å². The molecule has 1 N–H and O–H groups in total. The molecule has 4 nitrogen and oxygen atoms in total. The van der Waals surface area contributed by atoms with Crippen molar-refractivity contribution < 1.29 is 49.4 Å². The van der Waals surface area contributed by atoms with Gasteiger partial charge in [-0.3, -0.25) is 4.79 Å². The van der Waals surface area contributed by atoms with Gasteiger partial charge in [-0.15, -0.1) is 0 Å². The van der Waals surface area contributed by atoms with Gasteiger partial charge >= 0.3 is 35.5 Å². The number of aliphatic carboxylic acids is 2. The molecule has 0 aliphatic carbocycles. The monoisotopic (exact) mass is 422 g/mol. The minimum absolute atomic E-state index is 0. The van der Waals surface area contributed by atoms with Gasteiger partial charge in [-0.05, 0) is 19.3 Å². The van der Waals surface area contributed by atoms with E-state index in [1.54, 1.807) is 0 Å². The van der Waals surface area contributed by atoms with Crippen LogP contribution in [0.4, 0.5) is 0 Å². The average molecular weight is 423 g/mol. The Kier molecular flexibility index (Phi) is 34.9. The van der Waals surface area contributed by atoms with Gasteiger partial charge in [-0.1, -0.05) is 117 Å². The summed E-state index contributed by atoms with van der Waals surface area (Å²) in [6.07, 6.45) is 22.7. The maximum absolute atomic E-state index is 10.3. The van der Waals surface area contributed by atoms with Gasteiger partial charge in [0.15, 0.2) is 0 Å². The zero-order valence-corrected chi connectivity index (χ0v) is 21.8. The Bertz CT molecular complexity index is 335.